The van der Waals surface area contributed by atoms with Crippen LogP contribution in [0.3, 0.4) is 0 Å². The smallest absolute Gasteiger partial charge is 0.303 e. The fourth-order valence-corrected chi connectivity index (χ4v) is 2.72. The van der Waals surface area contributed by atoms with Crippen LogP contribution in [0.4, 0.5) is 0 Å². The molecule has 22 heavy (non-hydrogen) atoms. The van der Waals surface area contributed by atoms with Gasteiger partial charge in [0.05, 0.1) is 0 Å². The zero-order chi connectivity index (χ0) is 16.7. The lowest BCUT2D eigenvalue weighted by molar-refractivity contribution is -0.137. The summed E-state index contributed by atoms with van der Waals surface area (Å²) in [5, 5.41) is 8.55. The molecule has 0 aromatic heterocycles. The van der Waals surface area contributed by atoms with Crippen LogP contribution in [0.1, 0.15) is 104 Å². The van der Waals surface area contributed by atoms with Gasteiger partial charge in [0.2, 0.25) is 0 Å². The van der Waals surface area contributed by atoms with Gasteiger partial charge >= 0.3 is 5.97 Å². The maximum atomic E-state index is 10.4. The number of allylic oxidation sites excluding steroid dienone is 2. The first-order chi connectivity index (χ1) is 10.5. The molecule has 0 aliphatic carbocycles. The Kier molecular flexibility index (Phi) is 13.3. The average Bonchev–Trinajstić information content (AvgIpc) is 2.45. The Balaban J connectivity index is 3.46. The van der Waals surface area contributed by atoms with Crippen LogP contribution in [-0.4, -0.2) is 11.1 Å². The quantitative estimate of drug-likeness (QED) is 0.268. The Morgan fingerprint density at radius 2 is 1.55 bits per heavy atom. The molecule has 2 nitrogen and oxygen atoms in total. The first-order valence-electron chi connectivity index (χ1n) is 9.35. The molecule has 0 aliphatic rings. The number of carboxylic acids is 1. The zero-order valence-corrected chi connectivity index (χ0v) is 15.2. The van der Waals surface area contributed by atoms with Gasteiger partial charge in [-0.25, -0.2) is 0 Å². The maximum absolute atomic E-state index is 10.4. The number of rotatable bonds is 15. The van der Waals surface area contributed by atoms with Gasteiger partial charge in [-0.1, -0.05) is 77.9 Å². The molecule has 0 rings (SSSR count). The van der Waals surface area contributed by atoms with Crippen molar-refractivity contribution in [1.29, 1.82) is 0 Å². The van der Waals surface area contributed by atoms with Gasteiger partial charge in [-0.15, -0.1) is 0 Å². The third-order valence-electron chi connectivity index (χ3n) is 4.31. The molecular formula is C20H38O2. The van der Waals surface area contributed by atoms with E-state index in [4.69, 9.17) is 5.11 Å². The van der Waals surface area contributed by atoms with E-state index >= 15 is 0 Å². The normalized spacial score (nSPS) is 12.1. The minimum absolute atomic E-state index is 0.327. The summed E-state index contributed by atoms with van der Waals surface area (Å²) in [6.07, 6.45) is 19.7. The standard InChI is InChI=1S/C20H38O2/c1-4-5-6-14-17-20(2,3)18-15-12-10-8-7-9-11-13-16-19(21)22/h12,15H,4-11,13-14,16-18H2,1-3H3,(H,21,22)/b15-12+. The van der Waals surface area contributed by atoms with E-state index in [1.165, 1.54) is 64.2 Å². The van der Waals surface area contributed by atoms with Crippen LogP contribution in [0, 0.1) is 5.41 Å². The van der Waals surface area contributed by atoms with E-state index in [1.807, 2.05) is 0 Å². The molecule has 0 aromatic carbocycles. The highest BCUT2D eigenvalue weighted by Gasteiger charge is 2.14. The van der Waals surface area contributed by atoms with Crippen molar-refractivity contribution in [2.75, 3.05) is 0 Å². The second-order valence-electron chi connectivity index (χ2n) is 7.35. The highest BCUT2D eigenvalue weighted by molar-refractivity contribution is 5.66. The molecule has 0 amide bonds. The molecule has 0 spiro atoms. The monoisotopic (exact) mass is 310 g/mol. The number of aliphatic carboxylic acids is 1. The van der Waals surface area contributed by atoms with Crippen molar-refractivity contribution >= 4 is 5.97 Å². The Morgan fingerprint density at radius 1 is 0.909 bits per heavy atom. The molecule has 0 aromatic rings. The molecule has 0 saturated carbocycles. The van der Waals surface area contributed by atoms with Crippen LogP contribution >= 0.6 is 0 Å². The Hall–Kier alpha value is -0.790. The zero-order valence-electron chi connectivity index (χ0n) is 15.2. The van der Waals surface area contributed by atoms with Crippen molar-refractivity contribution in [3.05, 3.63) is 12.2 Å². The van der Waals surface area contributed by atoms with Crippen LogP contribution < -0.4 is 0 Å². The highest BCUT2D eigenvalue weighted by Crippen LogP contribution is 2.28. The number of hydrogen-bond donors (Lipinski definition) is 1. The lowest BCUT2D eigenvalue weighted by atomic mass is 9.83. The van der Waals surface area contributed by atoms with Gasteiger partial charge in [-0.05, 0) is 37.5 Å². The Labute approximate surface area is 138 Å². The van der Waals surface area contributed by atoms with E-state index < -0.39 is 5.97 Å². The third-order valence-corrected chi connectivity index (χ3v) is 4.31. The predicted octanol–water partition coefficient (Wildman–Crippen LogP) is 6.74. The molecule has 1 N–H and O–H groups in total. The average molecular weight is 311 g/mol. The van der Waals surface area contributed by atoms with Crippen LogP contribution in [-0.2, 0) is 4.79 Å². The molecule has 0 heterocycles. The number of carbonyl (C=O) groups is 1. The summed E-state index contributed by atoms with van der Waals surface area (Å²) in [6.45, 7) is 7.03. The van der Waals surface area contributed by atoms with Crippen molar-refractivity contribution in [3.8, 4) is 0 Å². The Bertz CT molecular complexity index is 292. The van der Waals surface area contributed by atoms with Gasteiger partial charge in [0.1, 0.15) is 0 Å². The number of carboxylic acid groups (broad SMARTS) is 1. The molecule has 0 atom stereocenters. The van der Waals surface area contributed by atoms with Crippen molar-refractivity contribution in [2.45, 2.75) is 104 Å². The maximum Gasteiger partial charge on any atom is 0.303 e. The topological polar surface area (TPSA) is 37.3 Å². The first-order valence-corrected chi connectivity index (χ1v) is 9.35. The molecule has 130 valence electrons. The summed E-state index contributed by atoms with van der Waals surface area (Å²) in [5.41, 5.74) is 0.446. The Morgan fingerprint density at radius 3 is 2.23 bits per heavy atom. The van der Waals surface area contributed by atoms with Crippen LogP contribution in [0.5, 0.6) is 0 Å². The van der Waals surface area contributed by atoms with Gasteiger partial charge in [-0.3, -0.25) is 4.79 Å². The lowest BCUT2D eigenvalue weighted by Crippen LogP contribution is -2.09. The molecular weight excluding hydrogens is 272 g/mol. The minimum atomic E-state index is -0.666. The van der Waals surface area contributed by atoms with E-state index in [9.17, 15) is 4.79 Å². The summed E-state index contributed by atoms with van der Waals surface area (Å²) in [4.78, 5) is 10.4. The summed E-state index contributed by atoms with van der Waals surface area (Å²) >= 11 is 0. The van der Waals surface area contributed by atoms with E-state index in [-0.39, 0.29) is 0 Å². The third kappa shape index (κ3) is 15.6. The largest absolute Gasteiger partial charge is 0.481 e. The molecule has 0 aliphatic heterocycles. The van der Waals surface area contributed by atoms with E-state index in [0.29, 0.717) is 11.8 Å². The summed E-state index contributed by atoms with van der Waals surface area (Å²) in [5.74, 6) is -0.666. The molecule has 0 radical (unpaired) electrons. The molecule has 0 fully saturated rings. The molecule has 0 saturated heterocycles. The summed E-state index contributed by atoms with van der Waals surface area (Å²) in [7, 11) is 0. The van der Waals surface area contributed by atoms with Gasteiger partial charge in [0, 0.05) is 6.42 Å². The molecule has 2 heteroatoms. The highest BCUT2D eigenvalue weighted by atomic mass is 16.4. The van der Waals surface area contributed by atoms with E-state index in [0.717, 1.165) is 12.8 Å². The SMILES string of the molecule is CCCCCCC(C)(C)C/C=C/CCCCCCCC(=O)O. The number of unbranched alkanes of at least 4 members (excludes halogenated alkanes) is 8. The van der Waals surface area contributed by atoms with Crippen molar-refractivity contribution in [1.82, 2.24) is 0 Å². The molecule has 0 unspecified atom stereocenters. The summed E-state index contributed by atoms with van der Waals surface area (Å²) in [6, 6.07) is 0. The fraction of sp³-hybridized carbons (Fsp3) is 0.850. The van der Waals surface area contributed by atoms with Gasteiger partial charge in [0.25, 0.3) is 0 Å². The van der Waals surface area contributed by atoms with Crippen molar-refractivity contribution in [3.63, 3.8) is 0 Å². The minimum Gasteiger partial charge on any atom is -0.481 e. The van der Waals surface area contributed by atoms with Crippen molar-refractivity contribution in [2.24, 2.45) is 5.41 Å². The predicted molar refractivity (Wildman–Crippen MR) is 96.3 cm³/mol. The van der Waals surface area contributed by atoms with Crippen LogP contribution in [0.2, 0.25) is 0 Å². The van der Waals surface area contributed by atoms with Gasteiger partial charge < -0.3 is 5.11 Å². The summed E-state index contributed by atoms with van der Waals surface area (Å²) < 4.78 is 0. The molecule has 0 bridgehead atoms. The van der Waals surface area contributed by atoms with E-state index in [2.05, 4.69) is 32.9 Å². The number of hydrogen-bond acceptors (Lipinski definition) is 1. The van der Waals surface area contributed by atoms with Gasteiger partial charge in [-0.2, -0.15) is 0 Å². The lowest BCUT2D eigenvalue weighted by Gasteiger charge is -2.22. The fourth-order valence-electron chi connectivity index (χ4n) is 2.72. The van der Waals surface area contributed by atoms with Crippen molar-refractivity contribution < 1.29 is 9.90 Å². The second-order valence-corrected chi connectivity index (χ2v) is 7.35. The van der Waals surface area contributed by atoms with Gasteiger partial charge in [0.15, 0.2) is 0 Å². The van der Waals surface area contributed by atoms with Crippen LogP contribution in [0.25, 0.3) is 0 Å². The van der Waals surface area contributed by atoms with E-state index in [1.54, 1.807) is 0 Å². The second kappa shape index (κ2) is 13.8. The first kappa shape index (κ1) is 21.2. The van der Waals surface area contributed by atoms with Crippen LogP contribution in [0.15, 0.2) is 12.2 Å².